The average Bonchev–Trinajstić information content (AvgIpc) is 2.99. The average molecular weight is 350 g/mol. The van der Waals surface area contributed by atoms with Gasteiger partial charge in [0.15, 0.2) is 5.78 Å². The zero-order valence-corrected chi connectivity index (χ0v) is 14.8. The second kappa shape index (κ2) is 10.2. The summed E-state index contributed by atoms with van der Waals surface area (Å²) in [4.78, 5) is 36.1. The summed E-state index contributed by atoms with van der Waals surface area (Å²) in [6.07, 6.45) is 7.66. The van der Waals surface area contributed by atoms with Crippen LogP contribution in [0, 0.1) is 0 Å². The Morgan fingerprint density at radius 3 is 2.42 bits per heavy atom. The molecular formula is C18H26N2O3S. The molecule has 24 heavy (non-hydrogen) atoms. The largest absolute Gasteiger partial charge is 0.356 e. The van der Waals surface area contributed by atoms with Gasteiger partial charge < -0.3 is 10.6 Å². The molecule has 6 heteroatoms. The Kier molecular flexibility index (Phi) is 7.95. The molecule has 1 fully saturated rings. The van der Waals surface area contributed by atoms with Gasteiger partial charge >= 0.3 is 0 Å². The summed E-state index contributed by atoms with van der Waals surface area (Å²) in [5.74, 6) is -0.190. The summed E-state index contributed by atoms with van der Waals surface area (Å²) < 4.78 is 0. The number of carbonyl (C=O) groups is 3. The van der Waals surface area contributed by atoms with E-state index in [0.29, 0.717) is 23.9 Å². The van der Waals surface area contributed by atoms with E-state index in [1.165, 1.54) is 37.0 Å². The molecule has 132 valence electrons. The van der Waals surface area contributed by atoms with Gasteiger partial charge in [-0.05, 0) is 24.3 Å². The van der Waals surface area contributed by atoms with Crippen LogP contribution < -0.4 is 10.6 Å². The highest BCUT2D eigenvalue weighted by Crippen LogP contribution is 2.17. The Hall–Kier alpha value is -1.69. The van der Waals surface area contributed by atoms with E-state index in [2.05, 4.69) is 10.6 Å². The van der Waals surface area contributed by atoms with Crippen molar-refractivity contribution in [1.29, 1.82) is 0 Å². The molecule has 2 amide bonds. The molecule has 5 nitrogen and oxygen atoms in total. The first-order valence-corrected chi connectivity index (χ1v) is 9.66. The molecule has 1 aliphatic rings. The van der Waals surface area contributed by atoms with Gasteiger partial charge in [-0.25, -0.2) is 0 Å². The second-order valence-corrected chi connectivity index (χ2v) is 7.20. The number of hydrogen-bond donors (Lipinski definition) is 2. The predicted octanol–water partition coefficient (Wildman–Crippen LogP) is 3.06. The highest BCUT2D eigenvalue weighted by atomic mass is 32.1. The molecule has 0 unspecified atom stereocenters. The van der Waals surface area contributed by atoms with Gasteiger partial charge in [0, 0.05) is 31.8 Å². The second-order valence-electron chi connectivity index (χ2n) is 6.26. The molecule has 0 radical (unpaired) electrons. The van der Waals surface area contributed by atoms with Gasteiger partial charge in [0.1, 0.15) is 0 Å². The molecule has 2 N–H and O–H groups in total. The first-order chi connectivity index (χ1) is 11.6. The third-order valence-electron chi connectivity index (χ3n) is 4.27. The van der Waals surface area contributed by atoms with Crippen LogP contribution in [-0.4, -0.2) is 30.2 Å². The van der Waals surface area contributed by atoms with E-state index in [9.17, 15) is 14.4 Å². The molecular weight excluding hydrogens is 324 g/mol. The van der Waals surface area contributed by atoms with Crippen LogP contribution in [0.15, 0.2) is 17.5 Å². The highest BCUT2D eigenvalue weighted by Gasteiger charge is 2.15. The van der Waals surface area contributed by atoms with Crippen molar-refractivity contribution in [2.24, 2.45) is 0 Å². The monoisotopic (exact) mass is 350 g/mol. The molecule has 0 aromatic carbocycles. The van der Waals surface area contributed by atoms with Crippen LogP contribution in [0.25, 0.3) is 0 Å². The van der Waals surface area contributed by atoms with Crippen molar-refractivity contribution in [3.8, 4) is 0 Å². The maximum Gasteiger partial charge on any atom is 0.221 e. The minimum Gasteiger partial charge on any atom is -0.356 e. The summed E-state index contributed by atoms with van der Waals surface area (Å²) in [7, 11) is 0. The van der Waals surface area contributed by atoms with E-state index in [1.54, 1.807) is 6.07 Å². The van der Waals surface area contributed by atoms with Crippen molar-refractivity contribution in [1.82, 2.24) is 10.6 Å². The topological polar surface area (TPSA) is 75.3 Å². The van der Waals surface area contributed by atoms with Crippen molar-refractivity contribution in [3.05, 3.63) is 22.4 Å². The Morgan fingerprint density at radius 2 is 1.75 bits per heavy atom. The van der Waals surface area contributed by atoms with Crippen LogP contribution in [0.4, 0.5) is 0 Å². The normalized spacial score (nSPS) is 15.5. The van der Waals surface area contributed by atoms with Crippen molar-refractivity contribution in [2.45, 2.75) is 63.8 Å². The lowest BCUT2D eigenvalue weighted by Crippen LogP contribution is -2.36. The molecule has 0 saturated heterocycles. The number of nitrogens with one attached hydrogen (secondary N) is 2. The maximum atomic E-state index is 11.9. The number of amides is 2. The maximum absolute atomic E-state index is 11.9. The van der Waals surface area contributed by atoms with Crippen LogP contribution in [0.3, 0.4) is 0 Å². The van der Waals surface area contributed by atoms with E-state index < -0.39 is 0 Å². The Bertz CT molecular complexity index is 534. The van der Waals surface area contributed by atoms with Crippen molar-refractivity contribution >= 4 is 28.9 Å². The fraction of sp³-hybridized carbons (Fsp3) is 0.611. The minimum atomic E-state index is -0.179. The lowest BCUT2D eigenvalue weighted by molar-refractivity contribution is -0.122. The van der Waals surface area contributed by atoms with E-state index in [0.717, 1.165) is 12.8 Å². The van der Waals surface area contributed by atoms with E-state index in [4.69, 9.17) is 0 Å². The highest BCUT2D eigenvalue weighted by molar-refractivity contribution is 7.12. The van der Waals surface area contributed by atoms with Gasteiger partial charge in [-0.1, -0.05) is 31.7 Å². The van der Waals surface area contributed by atoms with Crippen molar-refractivity contribution < 1.29 is 14.4 Å². The van der Waals surface area contributed by atoms with Crippen LogP contribution >= 0.6 is 11.3 Å². The minimum absolute atomic E-state index is 0.00291. The molecule has 1 saturated carbocycles. The third-order valence-corrected chi connectivity index (χ3v) is 5.18. The summed E-state index contributed by atoms with van der Waals surface area (Å²) in [5.41, 5.74) is 0. The molecule has 1 aromatic rings. The van der Waals surface area contributed by atoms with Gasteiger partial charge in [0.05, 0.1) is 4.88 Å². The predicted molar refractivity (Wildman–Crippen MR) is 95.1 cm³/mol. The fourth-order valence-electron chi connectivity index (χ4n) is 2.91. The molecule has 1 aromatic heterocycles. The molecule has 1 heterocycles. The number of hydrogen-bond acceptors (Lipinski definition) is 4. The Morgan fingerprint density at radius 1 is 1.00 bits per heavy atom. The number of rotatable bonds is 8. The first kappa shape index (κ1) is 18.6. The standard InChI is InChI=1S/C18H26N2O3S/c21-15(16-8-5-13-24-16)9-10-17(22)19-12-11-18(23)20-14-6-3-1-2-4-7-14/h5,8,13-14H,1-4,6-7,9-12H2,(H,19,22)(H,20,23). The molecule has 0 aliphatic heterocycles. The molecule has 1 aliphatic carbocycles. The smallest absolute Gasteiger partial charge is 0.221 e. The third kappa shape index (κ3) is 6.83. The summed E-state index contributed by atoms with van der Waals surface area (Å²) in [5, 5.41) is 7.62. The van der Waals surface area contributed by atoms with E-state index >= 15 is 0 Å². The summed E-state index contributed by atoms with van der Waals surface area (Å²) in [6, 6.07) is 3.88. The van der Waals surface area contributed by atoms with Crippen LogP contribution in [0.2, 0.25) is 0 Å². The SMILES string of the molecule is O=C(CCC(=O)c1cccs1)NCCC(=O)NC1CCCCCC1. The summed E-state index contributed by atoms with van der Waals surface area (Å²) >= 11 is 1.39. The van der Waals surface area contributed by atoms with Gasteiger partial charge in [-0.15, -0.1) is 11.3 Å². The van der Waals surface area contributed by atoms with E-state index in [1.807, 2.05) is 11.4 Å². The number of thiophene rings is 1. The van der Waals surface area contributed by atoms with Gasteiger partial charge in [-0.2, -0.15) is 0 Å². The van der Waals surface area contributed by atoms with Crippen LogP contribution in [0.1, 0.15) is 67.5 Å². The zero-order chi connectivity index (χ0) is 17.2. The summed E-state index contributed by atoms with van der Waals surface area (Å²) in [6.45, 7) is 0.324. The van der Waals surface area contributed by atoms with Gasteiger partial charge in [0.2, 0.25) is 11.8 Å². The van der Waals surface area contributed by atoms with E-state index in [-0.39, 0.29) is 30.4 Å². The fourth-order valence-corrected chi connectivity index (χ4v) is 3.61. The van der Waals surface area contributed by atoms with Crippen LogP contribution in [-0.2, 0) is 9.59 Å². The molecule has 2 rings (SSSR count). The van der Waals surface area contributed by atoms with Gasteiger partial charge in [-0.3, -0.25) is 14.4 Å². The number of carbonyl (C=O) groups excluding carboxylic acids is 3. The Balaban J connectivity index is 1.56. The zero-order valence-electron chi connectivity index (χ0n) is 14.0. The quantitative estimate of drug-likeness (QED) is 0.559. The lowest BCUT2D eigenvalue weighted by Gasteiger charge is -2.16. The van der Waals surface area contributed by atoms with Crippen LogP contribution in [0.5, 0.6) is 0 Å². The van der Waals surface area contributed by atoms with Crippen molar-refractivity contribution in [3.63, 3.8) is 0 Å². The Labute approximate surface area is 147 Å². The number of Topliss-reactive ketones (excluding diaryl/α,β-unsaturated/α-hetero) is 1. The molecule has 0 bridgehead atoms. The molecule has 0 atom stereocenters. The van der Waals surface area contributed by atoms with Gasteiger partial charge in [0.25, 0.3) is 0 Å². The lowest BCUT2D eigenvalue weighted by atomic mass is 10.1. The first-order valence-electron chi connectivity index (χ1n) is 8.78. The number of ketones is 1. The van der Waals surface area contributed by atoms with Crippen molar-refractivity contribution in [2.75, 3.05) is 6.54 Å². The molecule has 0 spiro atoms.